The molecular formula is C12H17ClN2. The second kappa shape index (κ2) is 4.23. The Morgan fingerprint density at radius 1 is 1.33 bits per heavy atom. The fourth-order valence-corrected chi connectivity index (χ4v) is 1.32. The van der Waals surface area contributed by atoms with Gasteiger partial charge in [0, 0.05) is 5.41 Å². The van der Waals surface area contributed by atoms with E-state index in [0.717, 1.165) is 11.3 Å². The van der Waals surface area contributed by atoms with Crippen LogP contribution in [-0.4, -0.2) is 5.84 Å². The molecule has 0 saturated heterocycles. The number of nitrogens with two attached hydrogens (primary N) is 1. The van der Waals surface area contributed by atoms with Crippen molar-refractivity contribution in [2.75, 3.05) is 0 Å². The molecule has 0 aliphatic carbocycles. The number of nitrogens with zero attached hydrogens (tertiary/aromatic N) is 1. The van der Waals surface area contributed by atoms with Gasteiger partial charge in [0.15, 0.2) is 0 Å². The zero-order valence-corrected chi connectivity index (χ0v) is 10.4. The Bertz CT molecular complexity index is 369. The van der Waals surface area contributed by atoms with Gasteiger partial charge in [0.25, 0.3) is 0 Å². The van der Waals surface area contributed by atoms with Gasteiger partial charge in [-0.2, -0.15) is 0 Å². The second-order valence-corrected chi connectivity index (χ2v) is 5.06. The summed E-state index contributed by atoms with van der Waals surface area (Å²) in [6.45, 7) is 8.05. The first-order valence-corrected chi connectivity index (χ1v) is 5.30. The molecule has 0 spiro atoms. The summed E-state index contributed by atoms with van der Waals surface area (Å²) >= 11 is 6.06. The zero-order valence-electron chi connectivity index (χ0n) is 9.63. The van der Waals surface area contributed by atoms with Crippen LogP contribution in [0.3, 0.4) is 0 Å². The fourth-order valence-electron chi connectivity index (χ4n) is 1.05. The van der Waals surface area contributed by atoms with Gasteiger partial charge >= 0.3 is 0 Å². The van der Waals surface area contributed by atoms with E-state index in [1.807, 2.05) is 45.9 Å². The molecule has 1 aromatic carbocycles. The van der Waals surface area contributed by atoms with Crippen molar-refractivity contribution in [1.29, 1.82) is 0 Å². The van der Waals surface area contributed by atoms with Gasteiger partial charge in [-0.1, -0.05) is 44.5 Å². The van der Waals surface area contributed by atoms with Crippen molar-refractivity contribution in [1.82, 2.24) is 0 Å². The molecule has 0 aliphatic heterocycles. The minimum absolute atomic E-state index is 0.133. The minimum atomic E-state index is -0.133. The molecule has 15 heavy (non-hydrogen) atoms. The Labute approximate surface area is 96.2 Å². The van der Waals surface area contributed by atoms with Crippen LogP contribution in [0.5, 0.6) is 0 Å². The molecule has 0 unspecified atom stereocenters. The second-order valence-electron chi connectivity index (χ2n) is 4.65. The summed E-state index contributed by atoms with van der Waals surface area (Å²) in [6, 6.07) is 5.70. The third-order valence-electron chi connectivity index (χ3n) is 2.19. The van der Waals surface area contributed by atoms with E-state index in [1.165, 1.54) is 0 Å². The van der Waals surface area contributed by atoms with E-state index < -0.39 is 0 Å². The maximum absolute atomic E-state index is 6.06. The highest BCUT2D eigenvalue weighted by Crippen LogP contribution is 2.29. The van der Waals surface area contributed by atoms with Gasteiger partial charge in [0.1, 0.15) is 5.84 Å². The Hall–Kier alpha value is -1.02. The molecule has 0 radical (unpaired) electrons. The van der Waals surface area contributed by atoms with Crippen molar-refractivity contribution in [2.24, 2.45) is 16.1 Å². The van der Waals surface area contributed by atoms with Gasteiger partial charge in [-0.3, -0.25) is 0 Å². The maximum Gasteiger partial charge on any atom is 0.105 e. The number of aliphatic imine (C=N–C) groups is 1. The van der Waals surface area contributed by atoms with E-state index in [-0.39, 0.29) is 5.41 Å². The monoisotopic (exact) mass is 224 g/mol. The third-order valence-corrected chi connectivity index (χ3v) is 2.49. The largest absolute Gasteiger partial charge is 0.387 e. The van der Waals surface area contributed by atoms with E-state index >= 15 is 0 Å². The molecule has 0 amide bonds. The lowest BCUT2D eigenvalue weighted by molar-refractivity contribution is 0.585. The average molecular weight is 225 g/mol. The number of halogens is 1. The topological polar surface area (TPSA) is 38.4 Å². The first-order valence-electron chi connectivity index (χ1n) is 4.92. The first kappa shape index (κ1) is 12.1. The number of para-hydroxylation sites is 1. The van der Waals surface area contributed by atoms with Crippen LogP contribution in [0.1, 0.15) is 26.3 Å². The van der Waals surface area contributed by atoms with Crippen LogP contribution < -0.4 is 5.73 Å². The molecule has 0 aliphatic rings. The van der Waals surface area contributed by atoms with Gasteiger partial charge in [0.2, 0.25) is 0 Å². The lowest BCUT2D eigenvalue weighted by atomic mass is 9.95. The molecule has 0 bridgehead atoms. The molecule has 0 saturated carbocycles. The predicted octanol–water partition coefficient (Wildman–Crippen LogP) is 3.68. The molecule has 3 heteroatoms. The summed E-state index contributed by atoms with van der Waals surface area (Å²) in [5, 5.41) is 0.641. The van der Waals surface area contributed by atoms with Gasteiger partial charge in [-0.15, -0.1) is 0 Å². The van der Waals surface area contributed by atoms with Crippen LogP contribution >= 0.6 is 11.6 Å². The third kappa shape index (κ3) is 2.96. The van der Waals surface area contributed by atoms with E-state index in [1.54, 1.807) is 0 Å². The highest BCUT2D eigenvalue weighted by Gasteiger charge is 2.16. The first-order chi connectivity index (χ1) is 6.82. The van der Waals surface area contributed by atoms with Crippen molar-refractivity contribution < 1.29 is 0 Å². The number of aryl methyl sites for hydroxylation is 1. The van der Waals surface area contributed by atoms with E-state index in [4.69, 9.17) is 17.3 Å². The van der Waals surface area contributed by atoms with Gasteiger partial charge in [0.05, 0.1) is 10.7 Å². The average Bonchev–Trinajstić information content (AvgIpc) is 2.09. The minimum Gasteiger partial charge on any atom is -0.387 e. The molecule has 2 N–H and O–H groups in total. The Morgan fingerprint density at radius 2 is 1.93 bits per heavy atom. The van der Waals surface area contributed by atoms with E-state index in [9.17, 15) is 0 Å². The molecule has 2 nitrogen and oxygen atoms in total. The lowest BCUT2D eigenvalue weighted by Gasteiger charge is -2.17. The summed E-state index contributed by atoms with van der Waals surface area (Å²) < 4.78 is 0. The lowest BCUT2D eigenvalue weighted by Crippen LogP contribution is -2.28. The van der Waals surface area contributed by atoms with Gasteiger partial charge < -0.3 is 5.73 Å². The van der Waals surface area contributed by atoms with E-state index in [2.05, 4.69) is 4.99 Å². The van der Waals surface area contributed by atoms with E-state index in [0.29, 0.717) is 10.9 Å². The molecule has 82 valence electrons. The van der Waals surface area contributed by atoms with Crippen molar-refractivity contribution in [3.8, 4) is 0 Å². The van der Waals surface area contributed by atoms with Crippen LogP contribution in [0.15, 0.2) is 23.2 Å². The summed E-state index contributed by atoms with van der Waals surface area (Å²) in [5.74, 6) is 0.596. The number of hydrogen-bond acceptors (Lipinski definition) is 1. The highest BCUT2D eigenvalue weighted by atomic mass is 35.5. The highest BCUT2D eigenvalue weighted by molar-refractivity contribution is 6.33. The standard InChI is InChI=1S/C12H17ClN2/c1-8-6-5-7-9(13)10(8)15-11(14)12(2,3)4/h5-7H,1-4H3,(H2,14,15). The Kier molecular flexibility index (Phi) is 3.40. The number of hydrogen-bond donors (Lipinski definition) is 1. The summed E-state index contributed by atoms with van der Waals surface area (Å²) in [4.78, 5) is 4.39. The van der Waals surface area contributed by atoms with Crippen molar-refractivity contribution in [2.45, 2.75) is 27.7 Å². The molecule has 0 heterocycles. The van der Waals surface area contributed by atoms with Crippen LogP contribution in [0.2, 0.25) is 5.02 Å². The maximum atomic E-state index is 6.06. The predicted molar refractivity (Wildman–Crippen MR) is 66.9 cm³/mol. The summed E-state index contributed by atoms with van der Waals surface area (Å²) in [5.41, 5.74) is 7.59. The van der Waals surface area contributed by atoms with Gasteiger partial charge in [-0.05, 0) is 18.6 Å². The van der Waals surface area contributed by atoms with Crippen molar-refractivity contribution >= 4 is 23.1 Å². The normalized spacial score (nSPS) is 13.0. The molecule has 1 aromatic rings. The Balaban J connectivity index is 3.19. The molecular weight excluding hydrogens is 208 g/mol. The molecule has 1 rings (SSSR count). The Morgan fingerprint density at radius 3 is 2.40 bits per heavy atom. The van der Waals surface area contributed by atoms with Crippen LogP contribution in [0.25, 0.3) is 0 Å². The summed E-state index contributed by atoms with van der Waals surface area (Å²) in [6.07, 6.45) is 0. The van der Waals surface area contributed by atoms with Crippen molar-refractivity contribution in [3.63, 3.8) is 0 Å². The van der Waals surface area contributed by atoms with Crippen LogP contribution in [-0.2, 0) is 0 Å². The zero-order chi connectivity index (χ0) is 11.6. The molecule has 0 atom stereocenters. The van der Waals surface area contributed by atoms with Crippen molar-refractivity contribution in [3.05, 3.63) is 28.8 Å². The quantitative estimate of drug-likeness (QED) is 0.574. The SMILES string of the molecule is Cc1cccc(Cl)c1N=C(N)C(C)(C)C. The smallest absolute Gasteiger partial charge is 0.105 e. The molecule has 0 aromatic heterocycles. The number of rotatable bonds is 1. The van der Waals surface area contributed by atoms with Crippen LogP contribution in [0, 0.1) is 12.3 Å². The van der Waals surface area contributed by atoms with Crippen LogP contribution in [0.4, 0.5) is 5.69 Å². The fraction of sp³-hybridized carbons (Fsp3) is 0.417. The number of benzene rings is 1. The van der Waals surface area contributed by atoms with Gasteiger partial charge in [-0.25, -0.2) is 4.99 Å². The summed E-state index contributed by atoms with van der Waals surface area (Å²) in [7, 11) is 0. The number of amidine groups is 1. The molecule has 0 fully saturated rings.